The van der Waals surface area contributed by atoms with Crippen LogP contribution < -0.4 is 10.6 Å². The lowest BCUT2D eigenvalue weighted by atomic mass is 10.1. The SMILES string of the molecule is O=C(Cc1ccc(NCc2ccc(F)c(Cl)c2)cc1)NCc1ccc(F)cc1. The first-order valence-electron chi connectivity index (χ1n) is 8.77. The Morgan fingerprint density at radius 2 is 1.46 bits per heavy atom. The summed E-state index contributed by atoms with van der Waals surface area (Å²) in [4.78, 5) is 12.1. The van der Waals surface area contributed by atoms with Crippen LogP contribution in [0.1, 0.15) is 16.7 Å². The minimum Gasteiger partial charge on any atom is -0.381 e. The number of anilines is 1. The number of carbonyl (C=O) groups is 1. The maximum atomic E-state index is 13.2. The van der Waals surface area contributed by atoms with Gasteiger partial charge in [-0.1, -0.05) is 41.9 Å². The molecule has 3 aromatic rings. The van der Waals surface area contributed by atoms with E-state index in [0.29, 0.717) is 13.1 Å². The molecule has 0 saturated heterocycles. The van der Waals surface area contributed by atoms with Gasteiger partial charge in [-0.3, -0.25) is 4.79 Å². The van der Waals surface area contributed by atoms with Gasteiger partial charge in [0.25, 0.3) is 0 Å². The first-order chi connectivity index (χ1) is 13.5. The molecule has 6 heteroatoms. The minimum atomic E-state index is -0.438. The molecule has 0 aliphatic heterocycles. The zero-order valence-electron chi connectivity index (χ0n) is 15.0. The summed E-state index contributed by atoms with van der Waals surface area (Å²) >= 11 is 5.78. The van der Waals surface area contributed by atoms with Crippen molar-refractivity contribution in [3.63, 3.8) is 0 Å². The second-order valence-electron chi connectivity index (χ2n) is 6.38. The topological polar surface area (TPSA) is 41.1 Å². The summed E-state index contributed by atoms with van der Waals surface area (Å²) in [6.07, 6.45) is 0.259. The van der Waals surface area contributed by atoms with E-state index in [1.165, 1.54) is 18.2 Å². The highest BCUT2D eigenvalue weighted by Crippen LogP contribution is 2.17. The van der Waals surface area contributed by atoms with E-state index in [-0.39, 0.29) is 23.2 Å². The predicted molar refractivity (Wildman–Crippen MR) is 107 cm³/mol. The van der Waals surface area contributed by atoms with Crippen LogP contribution in [0, 0.1) is 11.6 Å². The van der Waals surface area contributed by atoms with E-state index in [9.17, 15) is 13.6 Å². The van der Waals surface area contributed by atoms with Crippen LogP contribution in [0.25, 0.3) is 0 Å². The molecule has 144 valence electrons. The van der Waals surface area contributed by atoms with Gasteiger partial charge in [0.05, 0.1) is 11.4 Å². The van der Waals surface area contributed by atoms with Crippen LogP contribution in [0.4, 0.5) is 14.5 Å². The molecule has 28 heavy (non-hydrogen) atoms. The van der Waals surface area contributed by atoms with Crippen molar-refractivity contribution in [3.05, 3.63) is 100 Å². The molecule has 0 aliphatic rings. The zero-order chi connectivity index (χ0) is 19.9. The third kappa shape index (κ3) is 5.79. The van der Waals surface area contributed by atoms with Crippen LogP contribution in [-0.4, -0.2) is 5.91 Å². The molecular weight excluding hydrogens is 382 g/mol. The van der Waals surface area contributed by atoms with Gasteiger partial charge in [-0.25, -0.2) is 8.78 Å². The molecule has 0 aliphatic carbocycles. The Morgan fingerprint density at radius 1 is 0.821 bits per heavy atom. The van der Waals surface area contributed by atoms with Crippen molar-refractivity contribution in [1.29, 1.82) is 0 Å². The van der Waals surface area contributed by atoms with Gasteiger partial charge in [-0.2, -0.15) is 0 Å². The van der Waals surface area contributed by atoms with Crippen LogP contribution >= 0.6 is 11.6 Å². The quantitative estimate of drug-likeness (QED) is 0.580. The molecule has 0 aromatic heterocycles. The maximum Gasteiger partial charge on any atom is 0.224 e. The van der Waals surface area contributed by atoms with Crippen molar-refractivity contribution in [1.82, 2.24) is 5.32 Å². The van der Waals surface area contributed by atoms with Crippen LogP contribution in [0.3, 0.4) is 0 Å². The number of nitrogens with one attached hydrogen (secondary N) is 2. The van der Waals surface area contributed by atoms with Crippen LogP contribution in [0.2, 0.25) is 5.02 Å². The lowest BCUT2D eigenvalue weighted by Crippen LogP contribution is -2.24. The monoisotopic (exact) mass is 400 g/mol. The molecule has 3 rings (SSSR count). The van der Waals surface area contributed by atoms with Gasteiger partial charge in [0, 0.05) is 18.8 Å². The highest BCUT2D eigenvalue weighted by atomic mass is 35.5. The van der Waals surface area contributed by atoms with E-state index in [4.69, 9.17) is 11.6 Å². The van der Waals surface area contributed by atoms with Crippen LogP contribution in [0.15, 0.2) is 66.7 Å². The summed E-state index contributed by atoms with van der Waals surface area (Å²) in [7, 11) is 0. The molecule has 0 saturated carbocycles. The van der Waals surface area contributed by atoms with E-state index in [2.05, 4.69) is 10.6 Å². The van der Waals surface area contributed by atoms with Crippen molar-refractivity contribution in [2.45, 2.75) is 19.5 Å². The number of hydrogen-bond acceptors (Lipinski definition) is 2. The first kappa shape index (κ1) is 19.8. The molecule has 3 nitrogen and oxygen atoms in total. The summed E-state index contributed by atoms with van der Waals surface area (Å²) in [6, 6.07) is 18.1. The number of rotatable bonds is 7. The Kier molecular flexibility index (Phi) is 6.61. The predicted octanol–water partition coefficient (Wildman–Crippen LogP) is 5.09. The standard InChI is InChI=1S/C22H19ClF2N2O/c23-20-11-17(5-10-21(20)25)14-26-19-8-3-15(4-9-19)12-22(28)27-13-16-1-6-18(24)7-2-16/h1-11,26H,12-14H2,(H,27,28). The third-order valence-electron chi connectivity index (χ3n) is 4.20. The molecule has 0 unspecified atom stereocenters. The van der Waals surface area contributed by atoms with Crippen LogP contribution in [0.5, 0.6) is 0 Å². The molecule has 0 radical (unpaired) electrons. The normalized spacial score (nSPS) is 10.5. The molecule has 2 N–H and O–H groups in total. The second kappa shape index (κ2) is 9.33. The fraction of sp³-hybridized carbons (Fsp3) is 0.136. The summed E-state index contributed by atoms with van der Waals surface area (Å²) in [5, 5.41) is 6.14. The Balaban J connectivity index is 1.47. The fourth-order valence-corrected chi connectivity index (χ4v) is 2.85. The molecule has 0 spiro atoms. The van der Waals surface area contributed by atoms with E-state index in [0.717, 1.165) is 22.4 Å². The van der Waals surface area contributed by atoms with Gasteiger partial charge in [-0.15, -0.1) is 0 Å². The molecule has 1 amide bonds. The van der Waals surface area contributed by atoms with Gasteiger partial charge in [0.2, 0.25) is 5.91 Å². The largest absolute Gasteiger partial charge is 0.381 e. The van der Waals surface area contributed by atoms with E-state index >= 15 is 0 Å². The van der Waals surface area contributed by atoms with Crippen molar-refractivity contribution < 1.29 is 13.6 Å². The maximum absolute atomic E-state index is 13.2. The average Bonchev–Trinajstić information content (AvgIpc) is 2.69. The van der Waals surface area contributed by atoms with E-state index in [1.807, 2.05) is 24.3 Å². The molecule has 0 bridgehead atoms. The Bertz CT molecular complexity index is 944. The Morgan fingerprint density at radius 3 is 2.14 bits per heavy atom. The lowest BCUT2D eigenvalue weighted by Gasteiger charge is -2.09. The molecule has 0 atom stereocenters. The molecule has 0 fully saturated rings. The third-order valence-corrected chi connectivity index (χ3v) is 4.49. The van der Waals surface area contributed by atoms with Gasteiger partial charge in [0.15, 0.2) is 0 Å². The van der Waals surface area contributed by atoms with Crippen molar-refractivity contribution in [3.8, 4) is 0 Å². The lowest BCUT2D eigenvalue weighted by molar-refractivity contribution is -0.120. The van der Waals surface area contributed by atoms with Gasteiger partial charge in [-0.05, 0) is 53.1 Å². The van der Waals surface area contributed by atoms with Gasteiger partial charge >= 0.3 is 0 Å². The van der Waals surface area contributed by atoms with Gasteiger partial charge < -0.3 is 10.6 Å². The number of benzene rings is 3. The first-order valence-corrected chi connectivity index (χ1v) is 9.15. The summed E-state index contributed by atoms with van der Waals surface area (Å²) in [5.74, 6) is -0.843. The van der Waals surface area contributed by atoms with Crippen molar-refractivity contribution >= 4 is 23.2 Å². The minimum absolute atomic E-state index is 0.0984. The number of carbonyl (C=O) groups excluding carboxylic acids is 1. The number of halogens is 3. The van der Waals surface area contributed by atoms with Gasteiger partial charge in [0.1, 0.15) is 11.6 Å². The van der Waals surface area contributed by atoms with Crippen molar-refractivity contribution in [2.75, 3.05) is 5.32 Å². The summed E-state index contributed by atoms with van der Waals surface area (Å²) in [5.41, 5.74) is 3.48. The Hall–Kier alpha value is -2.92. The fourth-order valence-electron chi connectivity index (χ4n) is 2.64. The van der Waals surface area contributed by atoms with Crippen molar-refractivity contribution in [2.24, 2.45) is 0 Å². The highest BCUT2D eigenvalue weighted by molar-refractivity contribution is 6.30. The average molecular weight is 401 g/mol. The number of amides is 1. The summed E-state index contributed by atoms with van der Waals surface area (Å²) in [6.45, 7) is 0.872. The molecule has 0 heterocycles. The van der Waals surface area contributed by atoms with E-state index in [1.54, 1.807) is 24.3 Å². The summed E-state index contributed by atoms with van der Waals surface area (Å²) < 4.78 is 26.1. The smallest absolute Gasteiger partial charge is 0.224 e. The molecule has 3 aromatic carbocycles. The zero-order valence-corrected chi connectivity index (χ0v) is 15.8. The molecular formula is C22H19ClF2N2O. The Labute approximate surface area is 167 Å². The number of hydrogen-bond donors (Lipinski definition) is 2. The van der Waals surface area contributed by atoms with E-state index < -0.39 is 5.82 Å². The second-order valence-corrected chi connectivity index (χ2v) is 6.79. The highest BCUT2D eigenvalue weighted by Gasteiger charge is 2.05. The van der Waals surface area contributed by atoms with Crippen LogP contribution in [-0.2, 0) is 24.3 Å².